The molecule has 1 fully saturated rings. The lowest BCUT2D eigenvalue weighted by Gasteiger charge is -2.44. The first-order chi connectivity index (χ1) is 17.0. The number of benzene rings is 2. The molecule has 188 valence electrons. The second-order valence-electron chi connectivity index (χ2n) is 9.30. The van der Waals surface area contributed by atoms with Gasteiger partial charge in [0, 0.05) is 37.6 Å². The van der Waals surface area contributed by atoms with E-state index in [0.717, 1.165) is 29.7 Å². The van der Waals surface area contributed by atoms with Gasteiger partial charge in [0.05, 0.1) is 38.9 Å². The van der Waals surface area contributed by atoms with Gasteiger partial charge in [0.1, 0.15) is 5.75 Å². The third-order valence-electron chi connectivity index (χ3n) is 7.44. The van der Waals surface area contributed by atoms with Crippen LogP contribution >= 0.6 is 0 Å². The Hall–Kier alpha value is -2.90. The number of fused-ring (bicyclic) bond motifs is 2. The minimum absolute atomic E-state index is 0.00613. The molecule has 1 aliphatic carbocycles. The summed E-state index contributed by atoms with van der Waals surface area (Å²) in [4.78, 5) is 27.6. The monoisotopic (exact) mass is 480 g/mol. The molecule has 7 nitrogen and oxygen atoms in total. The van der Waals surface area contributed by atoms with E-state index in [-0.39, 0.29) is 29.4 Å². The zero-order chi connectivity index (χ0) is 24.8. The predicted molar refractivity (Wildman–Crippen MR) is 133 cm³/mol. The molecule has 0 radical (unpaired) electrons. The van der Waals surface area contributed by atoms with Gasteiger partial charge in [0.15, 0.2) is 0 Å². The summed E-state index contributed by atoms with van der Waals surface area (Å²) < 4.78 is 17.1. The fourth-order valence-electron chi connectivity index (χ4n) is 5.63. The summed E-state index contributed by atoms with van der Waals surface area (Å²) in [5.74, 6) is 0.843. The van der Waals surface area contributed by atoms with Crippen LogP contribution in [0, 0.1) is 0 Å². The van der Waals surface area contributed by atoms with Crippen molar-refractivity contribution >= 4 is 11.8 Å². The molecule has 2 atom stereocenters. The maximum atomic E-state index is 13.2. The zero-order valence-corrected chi connectivity index (χ0v) is 20.9. The van der Waals surface area contributed by atoms with Crippen molar-refractivity contribution in [2.45, 2.75) is 50.2 Å². The first-order valence-corrected chi connectivity index (χ1v) is 12.4. The molecule has 2 aromatic rings. The number of piperidine rings is 1. The molecule has 0 saturated carbocycles. The fraction of sp³-hybridized carbons (Fsp3) is 0.500. The number of carbonyl (C=O) groups excluding carboxylic acids is 2. The molecule has 1 spiro atoms. The maximum absolute atomic E-state index is 13.2. The SMILES string of the molecule is CCC(=O)N[C@H]1c2ccccc2C2(CCN(C(=O)Cc3ccccc3OC)CC2)[C@@H]1OCCOC. The Morgan fingerprint density at radius 1 is 1.03 bits per heavy atom. The smallest absolute Gasteiger partial charge is 0.227 e. The largest absolute Gasteiger partial charge is 0.496 e. The third kappa shape index (κ3) is 5.07. The molecule has 1 heterocycles. The van der Waals surface area contributed by atoms with Gasteiger partial charge >= 0.3 is 0 Å². The van der Waals surface area contributed by atoms with E-state index in [0.29, 0.717) is 39.1 Å². The van der Waals surface area contributed by atoms with E-state index in [1.54, 1.807) is 14.2 Å². The lowest BCUT2D eigenvalue weighted by molar-refractivity contribution is -0.133. The second-order valence-corrected chi connectivity index (χ2v) is 9.30. The number of rotatable bonds is 9. The van der Waals surface area contributed by atoms with E-state index in [1.807, 2.05) is 42.2 Å². The van der Waals surface area contributed by atoms with E-state index < -0.39 is 0 Å². The summed E-state index contributed by atoms with van der Waals surface area (Å²) in [5.41, 5.74) is 2.97. The predicted octanol–water partition coefficient (Wildman–Crippen LogP) is 3.41. The summed E-state index contributed by atoms with van der Waals surface area (Å²) in [7, 11) is 3.29. The van der Waals surface area contributed by atoms with Crippen LogP contribution < -0.4 is 10.1 Å². The molecule has 0 aromatic heterocycles. The Balaban J connectivity index is 1.55. The topological polar surface area (TPSA) is 77.1 Å². The van der Waals surface area contributed by atoms with Gasteiger partial charge in [-0.05, 0) is 30.0 Å². The van der Waals surface area contributed by atoms with Crippen LogP contribution in [0.4, 0.5) is 0 Å². The zero-order valence-electron chi connectivity index (χ0n) is 20.9. The highest BCUT2D eigenvalue weighted by Gasteiger charge is 2.54. The van der Waals surface area contributed by atoms with Crippen LogP contribution in [0.2, 0.25) is 0 Å². The molecular weight excluding hydrogens is 444 g/mol. The van der Waals surface area contributed by atoms with Crippen LogP contribution in [0.25, 0.3) is 0 Å². The highest BCUT2D eigenvalue weighted by Crippen LogP contribution is 2.52. The lowest BCUT2D eigenvalue weighted by atomic mass is 9.71. The Bertz CT molecular complexity index is 1030. The number of para-hydroxylation sites is 1. The Labute approximate surface area is 207 Å². The Morgan fingerprint density at radius 2 is 1.74 bits per heavy atom. The van der Waals surface area contributed by atoms with E-state index in [2.05, 4.69) is 23.5 Å². The van der Waals surface area contributed by atoms with Crippen molar-refractivity contribution in [2.75, 3.05) is 40.5 Å². The minimum atomic E-state index is -0.267. The van der Waals surface area contributed by atoms with Crippen LogP contribution in [-0.4, -0.2) is 63.3 Å². The van der Waals surface area contributed by atoms with Crippen molar-refractivity contribution in [1.29, 1.82) is 0 Å². The van der Waals surface area contributed by atoms with Crippen LogP contribution in [0.1, 0.15) is 48.9 Å². The van der Waals surface area contributed by atoms with Crippen molar-refractivity contribution in [1.82, 2.24) is 10.2 Å². The van der Waals surface area contributed by atoms with Crippen molar-refractivity contribution < 1.29 is 23.8 Å². The lowest BCUT2D eigenvalue weighted by Crippen LogP contribution is -2.52. The number of carbonyl (C=O) groups is 2. The summed E-state index contributed by atoms with van der Waals surface area (Å²) in [6, 6.07) is 15.8. The third-order valence-corrected chi connectivity index (χ3v) is 7.44. The van der Waals surface area contributed by atoms with Crippen LogP contribution in [0.15, 0.2) is 48.5 Å². The van der Waals surface area contributed by atoms with Crippen molar-refractivity contribution in [3.63, 3.8) is 0 Å². The molecule has 1 aliphatic heterocycles. The Kier molecular flexibility index (Phi) is 8.08. The van der Waals surface area contributed by atoms with Gasteiger partial charge < -0.3 is 24.4 Å². The summed E-state index contributed by atoms with van der Waals surface area (Å²) in [6.45, 7) is 4.08. The fourth-order valence-corrected chi connectivity index (χ4v) is 5.63. The van der Waals surface area contributed by atoms with Gasteiger partial charge in [-0.25, -0.2) is 0 Å². The van der Waals surface area contributed by atoms with Gasteiger partial charge in [0.2, 0.25) is 11.8 Å². The number of methoxy groups -OCH3 is 2. The first kappa shape index (κ1) is 25.2. The molecule has 4 rings (SSSR count). The molecule has 1 saturated heterocycles. The Morgan fingerprint density at radius 3 is 2.46 bits per heavy atom. The molecule has 2 aromatic carbocycles. The number of hydrogen-bond donors (Lipinski definition) is 1. The molecular formula is C28H36N2O5. The van der Waals surface area contributed by atoms with Gasteiger partial charge in [0.25, 0.3) is 0 Å². The highest BCUT2D eigenvalue weighted by atomic mass is 16.5. The van der Waals surface area contributed by atoms with Crippen molar-refractivity contribution in [2.24, 2.45) is 0 Å². The van der Waals surface area contributed by atoms with E-state index in [1.165, 1.54) is 5.56 Å². The van der Waals surface area contributed by atoms with Gasteiger partial charge in [-0.15, -0.1) is 0 Å². The van der Waals surface area contributed by atoms with Gasteiger partial charge in [-0.2, -0.15) is 0 Å². The maximum Gasteiger partial charge on any atom is 0.227 e. The molecule has 0 bridgehead atoms. The number of nitrogens with one attached hydrogen (secondary N) is 1. The first-order valence-electron chi connectivity index (χ1n) is 12.4. The van der Waals surface area contributed by atoms with Crippen LogP contribution in [-0.2, 0) is 30.9 Å². The van der Waals surface area contributed by atoms with E-state index in [9.17, 15) is 9.59 Å². The van der Waals surface area contributed by atoms with Gasteiger partial charge in [-0.3, -0.25) is 9.59 Å². The average Bonchev–Trinajstić information content (AvgIpc) is 3.13. The number of ether oxygens (including phenoxy) is 3. The molecule has 35 heavy (non-hydrogen) atoms. The van der Waals surface area contributed by atoms with Crippen molar-refractivity contribution in [3.8, 4) is 5.75 Å². The van der Waals surface area contributed by atoms with Gasteiger partial charge in [-0.1, -0.05) is 49.4 Å². The molecule has 7 heteroatoms. The summed E-state index contributed by atoms with van der Waals surface area (Å²) >= 11 is 0. The number of nitrogens with zero attached hydrogens (tertiary/aromatic N) is 1. The molecule has 1 N–H and O–H groups in total. The number of hydrogen-bond acceptors (Lipinski definition) is 5. The highest BCUT2D eigenvalue weighted by molar-refractivity contribution is 5.80. The number of amides is 2. The van der Waals surface area contributed by atoms with E-state index >= 15 is 0 Å². The van der Waals surface area contributed by atoms with Crippen molar-refractivity contribution in [3.05, 3.63) is 65.2 Å². The quantitative estimate of drug-likeness (QED) is 0.557. The summed E-state index contributed by atoms with van der Waals surface area (Å²) in [5, 5.41) is 3.21. The van der Waals surface area contributed by atoms with Crippen LogP contribution in [0.3, 0.4) is 0 Å². The second kappa shape index (κ2) is 11.2. The number of likely N-dealkylation sites (tertiary alicyclic amines) is 1. The molecule has 2 amide bonds. The molecule has 0 unspecified atom stereocenters. The average molecular weight is 481 g/mol. The summed E-state index contributed by atoms with van der Waals surface area (Å²) in [6.07, 6.45) is 2.07. The standard InChI is InChI=1S/C28H36N2O5/c1-4-24(31)29-26-21-10-6-7-11-22(21)28(27(26)35-18-17-33-2)13-15-30(16-14-28)25(32)19-20-9-5-8-12-23(20)34-3/h5-12,26-27H,4,13-19H2,1-3H3,(H,29,31)/t26-,27+/m0/s1. The molecule has 2 aliphatic rings. The van der Waals surface area contributed by atoms with E-state index in [4.69, 9.17) is 14.2 Å². The van der Waals surface area contributed by atoms with Crippen LogP contribution in [0.5, 0.6) is 5.75 Å². The normalized spacial score (nSPS) is 20.5. The minimum Gasteiger partial charge on any atom is -0.496 e.